The molecule has 3 aromatic rings. The van der Waals surface area contributed by atoms with Gasteiger partial charge in [-0.15, -0.1) is 11.3 Å². The summed E-state index contributed by atoms with van der Waals surface area (Å²) in [6.07, 6.45) is -1.06. The molecule has 3 aromatic heterocycles. The summed E-state index contributed by atoms with van der Waals surface area (Å²) in [5, 5.41) is -0.193. The molecule has 3 rings (SSSR count). The van der Waals surface area contributed by atoms with E-state index in [1.165, 1.54) is 29.1 Å². The minimum Gasteiger partial charge on any atom is -0.322 e. The second kappa shape index (κ2) is 5.89. The summed E-state index contributed by atoms with van der Waals surface area (Å²) in [7, 11) is 0. The standard InChI is InChI=1S/C13H7ClF4N4S/c14-7-3-19-11(20-4-7)6-22-5-9(13(16,17)18)21-12(22)8-1-2-10(15)23-8/h1-5H,6H2. The molecule has 0 aromatic carbocycles. The van der Waals surface area contributed by atoms with Crippen LogP contribution in [-0.2, 0) is 12.7 Å². The maximum atomic E-state index is 13.2. The fourth-order valence-corrected chi connectivity index (χ4v) is 2.71. The van der Waals surface area contributed by atoms with Gasteiger partial charge in [-0.1, -0.05) is 11.6 Å². The highest BCUT2D eigenvalue weighted by atomic mass is 35.5. The highest BCUT2D eigenvalue weighted by Gasteiger charge is 2.35. The van der Waals surface area contributed by atoms with Gasteiger partial charge in [-0.2, -0.15) is 17.6 Å². The van der Waals surface area contributed by atoms with E-state index in [9.17, 15) is 17.6 Å². The molecule has 0 aliphatic heterocycles. The number of alkyl halides is 3. The molecule has 0 bridgehead atoms. The number of halogens is 5. The van der Waals surface area contributed by atoms with Crippen molar-refractivity contribution in [2.45, 2.75) is 12.7 Å². The molecule has 0 aliphatic carbocycles. The number of aromatic nitrogens is 4. The highest BCUT2D eigenvalue weighted by molar-refractivity contribution is 7.13. The summed E-state index contributed by atoms with van der Waals surface area (Å²) in [6, 6.07) is 2.55. The normalized spacial score (nSPS) is 11.9. The van der Waals surface area contributed by atoms with Crippen LogP contribution in [-0.4, -0.2) is 19.5 Å². The van der Waals surface area contributed by atoms with Crippen LogP contribution >= 0.6 is 22.9 Å². The Balaban J connectivity index is 2.03. The van der Waals surface area contributed by atoms with Crippen molar-refractivity contribution < 1.29 is 17.6 Å². The van der Waals surface area contributed by atoms with Crippen LogP contribution in [0.4, 0.5) is 17.6 Å². The minimum atomic E-state index is -4.60. The third kappa shape index (κ3) is 3.50. The number of rotatable bonds is 3. The minimum absolute atomic E-state index is 0.00442. The number of nitrogens with zero attached hydrogens (tertiary/aromatic N) is 4. The van der Waals surface area contributed by atoms with Gasteiger partial charge in [-0.25, -0.2) is 15.0 Å². The topological polar surface area (TPSA) is 43.6 Å². The van der Waals surface area contributed by atoms with E-state index in [4.69, 9.17) is 11.6 Å². The van der Waals surface area contributed by atoms with E-state index in [-0.39, 0.29) is 23.1 Å². The van der Waals surface area contributed by atoms with Crippen LogP contribution in [0.1, 0.15) is 11.5 Å². The van der Waals surface area contributed by atoms with E-state index < -0.39 is 17.0 Å². The monoisotopic (exact) mass is 362 g/mol. The summed E-state index contributed by atoms with van der Waals surface area (Å²) in [6.45, 7) is -0.0465. The SMILES string of the molecule is Fc1ccc(-c2nc(C(F)(F)F)cn2Cc2ncc(Cl)cn2)s1. The van der Waals surface area contributed by atoms with Crippen LogP contribution in [0.3, 0.4) is 0 Å². The molecule has 0 saturated heterocycles. The van der Waals surface area contributed by atoms with E-state index in [0.29, 0.717) is 16.4 Å². The van der Waals surface area contributed by atoms with Gasteiger partial charge in [0.1, 0.15) is 5.82 Å². The molecule has 3 heterocycles. The Labute approximate surface area is 136 Å². The van der Waals surface area contributed by atoms with Gasteiger partial charge < -0.3 is 4.57 Å². The summed E-state index contributed by atoms with van der Waals surface area (Å²) >= 11 is 6.39. The molecule has 0 fully saturated rings. The third-order valence-corrected chi connectivity index (χ3v) is 3.91. The lowest BCUT2D eigenvalue weighted by molar-refractivity contribution is -0.140. The number of hydrogen-bond donors (Lipinski definition) is 0. The molecule has 0 N–H and O–H groups in total. The molecule has 120 valence electrons. The van der Waals surface area contributed by atoms with Gasteiger partial charge in [0.25, 0.3) is 0 Å². The lowest BCUT2D eigenvalue weighted by Gasteiger charge is -2.05. The van der Waals surface area contributed by atoms with Gasteiger partial charge in [-0.05, 0) is 12.1 Å². The van der Waals surface area contributed by atoms with Crippen molar-refractivity contribution in [3.63, 3.8) is 0 Å². The molecular formula is C13H7ClF4N4S. The number of thiophene rings is 1. The fourth-order valence-electron chi connectivity index (χ4n) is 1.88. The van der Waals surface area contributed by atoms with Crippen molar-refractivity contribution >= 4 is 22.9 Å². The van der Waals surface area contributed by atoms with Gasteiger partial charge in [0.05, 0.1) is 16.4 Å². The quantitative estimate of drug-likeness (QED) is 0.654. The van der Waals surface area contributed by atoms with Crippen molar-refractivity contribution in [3.05, 3.63) is 52.4 Å². The average molecular weight is 363 g/mol. The van der Waals surface area contributed by atoms with Gasteiger partial charge in [-0.3, -0.25) is 0 Å². The Morgan fingerprint density at radius 1 is 1.17 bits per heavy atom. The summed E-state index contributed by atoms with van der Waals surface area (Å²) in [5.41, 5.74) is -1.06. The third-order valence-electron chi connectivity index (χ3n) is 2.85. The first-order valence-electron chi connectivity index (χ1n) is 6.19. The first-order chi connectivity index (χ1) is 10.8. The van der Waals surface area contributed by atoms with Gasteiger partial charge in [0.2, 0.25) is 0 Å². The van der Waals surface area contributed by atoms with Gasteiger partial charge >= 0.3 is 6.18 Å². The zero-order valence-corrected chi connectivity index (χ0v) is 12.8. The summed E-state index contributed by atoms with van der Waals surface area (Å²) in [4.78, 5) is 11.7. The molecule has 10 heteroatoms. The first-order valence-corrected chi connectivity index (χ1v) is 7.39. The zero-order valence-electron chi connectivity index (χ0n) is 11.2. The lowest BCUT2D eigenvalue weighted by atomic mass is 10.4. The van der Waals surface area contributed by atoms with E-state index in [1.807, 2.05) is 0 Å². The first kappa shape index (κ1) is 15.9. The Morgan fingerprint density at radius 2 is 1.87 bits per heavy atom. The highest BCUT2D eigenvalue weighted by Crippen LogP contribution is 2.33. The molecule has 0 amide bonds. The molecule has 0 spiro atoms. The van der Waals surface area contributed by atoms with Crippen LogP contribution < -0.4 is 0 Å². The largest absolute Gasteiger partial charge is 0.434 e. The van der Waals surface area contributed by atoms with E-state index in [1.54, 1.807) is 0 Å². The molecule has 0 atom stereocenters. The van der Waals surface area contributed by atoms with Crippen LogP contribution in [0.5, 0.6) is 0 Å². The van der Waals surface area contributed by atoms with Crippen molar-refractivity contribution in [2.75, 3.05) is 0 Å². The predicted molar refractivity (Wildman–Crippen MR) is 76.6 cm³/mol. The zero-order chi connectivity index (χ0) is 16.6. The van der Waals surface area contributed by atoms with Gasteiger partial charge in [0.15, 0.2) is 16.6 Å². The molecule has 0 aliphatic rings. The van der Waals surface area contributed by atoms with Crippen LogP contribution in [0.15, 0.2) is 30.7 Å². The fraction of sp³-hybridized carbons (Fsp3) is 0.154. The molecule has 23 heavy (non-hydrogen) atoms. The molecule has 4 nitrogen and oxygen atoms in total. The number of hydrogen-bond acceptors (Lipinski definition) is 4. The predicted octanol–water partition coefficient (Wildman–Crippen LogP) is 4.26. The van der Waals surface area contributed by atoms with Crippen molar-refractivity contribution in [3.8, 4) is 10.7 Å². The van der Waals surface area contributed by atoms with E-state index in [0.717, 1.165) is 6.20 Å². The average Bonchev–Trinajstić information content (AvgIpc) is 3.07. The van der Waals surface area contributed by atoms with E-state index in [2.05, 4.69) is 15.0 Å². The maximum absolute atomic E-state index is 13.2. The smallest absolute Gasteiger partial charge is 0.322 e. The number of imidazole rings is 1. The van der Waals surface area contributed by atoms with Crippen molar-refractivity contribution in [2.24, 2.45) is 0 Å². The summed E-state index contributed by atoms with van der Waals surface area (Å²) in [5.74, 6) is 0.267. The Bertz CT molecular complexity index is 825. The molecular weight excluding hydrogens is 356 g/mol. The van der Waals surface area contributed by atoms with E-state index >= 15 is 0 Å². The molecule has 0 saturated carbocycles. The second-order valence-electron chi connectivity index (χ2n) is 4.50. The van der Waals surface area contributed by atoms with Gasteiger partial charge in [0, 0.05) is 18.6 Å². The van der Waals surface area contributed by atoms with Crippen LogP contribution in [0.25, 0.3) is 10.7 Å². The Hall–Kier alpha value is -2.00. The second-order valence-corrected chi connectivity index (χ2v) is 5.97. The maximum Gasteiger partial charge on any atom is 0.434 e. The Morgan fingerprint density at radius 3 is 2.43 bits per heavy atom. The Kier molecular flexibility index (Phi) is 4.07. The van der Waals surface area contributed by atoms with Crippen LogP contribution in [0.2, 0.25) is 5.02 Å². The summed E-state index contributed by atoms with van der Waals surface area (Å²) < 4.78 is 53.1. The lowest BCUT2D eigenvalue weighted by Crippen LogP contribution is -2.06. The molecule has 0 unspecified atom stereocenters. The molecule has 0 radical (unpaired) electrons. The van der Waals surface area contributed by atoms with Crippen molar-refractivity contribution in [1.29, 1.82) is 0 Å². The van der Waals surface area contributed by atoms with Crippen molar-refractivity contribution in [1.82, 2.24) is 19.5 Å². The van der Waals surface area contributed by atoms with Crippen LogP contribution in [0, 0.1) is 5.13 Å².